The molecule has 0 aliphatic heterocycles. The first-order valence-corrected chi connectivity index (χ1v) is 11.6. The SMILES string of the molecule is O=C(CSCc1cccc(Cl)c1)Nc1ccc(S(=O)(=O)Nc2cccnc2)cc1. The molecule has 3 aromatic rings. The van der Waals surface area contributed by atoms with Crippen LogP contribution in [0.15, 0.2) is 78.0 Å². The summed E-state index contributed by atoms with van der Waals surface area (Å²) in [6, 6.07) is 16.7. The molecule has 0 radical (unpaired) electrons. The maximum absolute atomic E-state index is 12.4. The van der Waals surface area contributed by atoms with Crippen molar-refractivity contribution in [2.45, 2.75) is 10.6 Å². The second kappa shape index (κ2) is 9.78. The molecule has 0 unspecified atom stereocenters. The molecule has 0 aliphatic carbocycles. The molecule has 1 amide bonds. The number of hydrogen-bond acceptors (Lipinski definition) is 5. The number of nitrogens with zero attached hydrogens (tertiary/aromatic N) is 1. The molecule has 3 rings (SSSR count). The Labute approximate surface area is 178 Å². The lowest BCUT2D eigenvalue weighted by Crippen LogP contribution is -2.15. The fourth-order valence-corrected chi connectivity index (χ4v) is 4.47. The Bertz CT molecular complexity index is 1080. The lowest BCUT2D eigenvalue weighted by Gasteiger charge is -2.09. The lowest BCUT2D eigenvalue weighted by atomic mass is 10.2. The first-order valence-electron chi connectivity index (χ1n) is 8.57. The van der Waals surface area contributed by atoms with Crippen LogP contribution in [-0.4, -0.2) is 25.1 Å². The third-order valence-electron chi connectivity index (χ3n) is 3.75. The third-order valence-corrected chi connectivity index (χ3v) is 6.39. The highest BCUT2D eigenvalue weighted by molar-refractivity contribution is 7.99. The molecule has 0 fully saturated rings. The van der Waals surface area contributed by atoms with Crippen LogP contribution in [0.3, 0.4) is 0 Å². The number of pyridine rings is 1. The van der Waals surface area contributed by atoms with Crippen LogP contribution in [0.2, 0.25) is 5.02 Å². The smallest absolute Gasteiger partial charge is 0.261 e. The van der Waals surface area contributed by atoms with Crippen molar-refractivity contribution in [3.8, 4) is 0 Å². The van der Waals surface area contributed by atoms with Crippen LogP contribution in [0, 0.1) is 0 Å². The van der Waals surface area contributed by atoms with Gasteiger partial charge in [0.15, 0.2) is 0 Å². The maximum atomic E-state index is 12.4. The molecule has 6 nitrogen and oxygen atoms in total. The van der Waals surface area contributed by atoms with Gasteiger partial charge in [-0.2, -0.15) is 0 Å². The van der Waals surface area contributed by atoms with Gasteiger partial charge in [-0.1, -0.05) is 23.7 Å². The van der Waals surface area contributed by atoms with Gasteiger partial charge in [0.1, 0.15) is 0 Å². The summed E-state index contributed by atoms with van der Waals surface area (Å²) < 4.78 is 27.2. The Morgan fingerprint density at radius 1 is 1.03 bits per heavy atom. The van der Waals surface area contributed by atoms with Crippen LogP contribution >= 0.6 is 23.4 Å². The molecule has 0 saturated heterocycles. The van der Waals surface area contributed by atoms with Crippen molar-refractivity contribution >= 4 is 50.7 Å². The van der Waals surface area contributed by atoms with Crippen LogP contribution in [-0.2, 0) is 20.6 Å². The summed E-state index contributed by atoms with van der Waals surface area (Å²) in [4.78, 5) is 16.1. The van der Waals surface area contributed by atoms with Gasteiger partial charge >= 0.3 is 0 Å². The molecule has 1 aromatic heterocycles. The van der Waals surface area contributed by atoms with E-state index >= 15 is 0 Å². The van der Waals surface area contributed by atoms with Crippen LogP contribution in [0.25, 0.3) is 0 Å². The number of carbonyl (C=O) groups is 1. The summed E-state index contributed by atoms with van der Waals surface area (Å²) in [6.07, 6.45) is 2.98. The zero-order chi connectivity index (χ0) is 20.7. The van der Waals surface area contributed by atoms with Crippen molar-refractivity contribution in [1.82, 2.24) is 4.98 Å². The van der Waals surface area contributed by atoms with E-state index in [1.54, 1.807) is 36.5 Å². The highest BCUT2D eigenvalue weighted by atomic mass is 35.5. The summed E-state index contributed by atoms with van der Waals surface area (Å²) in [5, 5.41) is 3.42. The Morgan fingerprint density at radius 2 is 1.83 bits per heavy atom. The van der Waals surface area contributed by atoms with Gasteiger partial charge in [-0.15, -0.1) is 11.8 Å². The molecular formula is C20H18ClN3O3S2. The molecule has 9 heteroatoms. The molecule has 0 atom stereocenters. The van der Waals surface area contributed by atoms with Gasteiger partial charge in [-0.3, -0.25) is 14.5 Å². The highest BCUT2D eigenvalue weighted by Gasteiger charge is 2.14. The number of aromatic nitrogens is 1. The van der Waals surface area contributed by atoms with E-state index in [1.807, 2.05) is 18.2 Å². The van der Waals surface area contributed by atoms with Crippen molar-refractivity contribution in [2.75, 3.05) is 15.8 Å². The van der Waals surface area contributed by atoms with Crippen molar-refractivity contribution in [1.29, 1.82) is 0 Å². The fraction of sp³-hybridized carbons (Fsp3) is 0.100. The van der Waals surface area contributed by atoms with E-state index in [-0.39, 0.29) is 16.6 Å². The van der Waals surface area contributed by atoms with Crippen molar-refractivity contribution in [3.63, 3.8) is 0 Å². The summed E-state index contributed by atoms with van der Waals surface area (Å²) in [7, 11) is -3.72. The molecule has 1 heterocycles. The minimum Gasteiger partial charge on any atom is -0.325 e. The number of amides is 1. The maximum Gasteiger partial charge on any atom is 0.261 e. The zero-order valence-corrected chi connectivity index (χ0v) is 17.6. The monoisotopic (exact) mass is 447 g/mol. The number of halogens is 1. The van der Waals surface area contributed by atoms with E-state index in [1.165, 1.54) is 30.1 Å². The molecule has 0 spiro atoms. The molecule has 0 aliphatic rings. The van der Waals surface area contributed by atoms with Gasteiger partial charge in [-0.25, -0.2) is 8.42 Å². The predicted molar refractivity (Wildman–Crippen MR) is 118 cm³/mol. The van der Waals surface area contributed by atoms with E-state index in [4.69, 9.17) is 11.6 Å². The molecule has 150 valence electrons. The van der Waals surface area contributed by atoms with Crippen LogP contribution in [0.5, 0.6) is 0 Å². The number of hydrogen-bond donors (Lipinski definition) is 2. The number of thioether (sulfide) groups is 1. The number of benzene rings is 2. The average Bonchev–Trinajstić information content (AvgIpc) is 2.69. The van der Waals surface area contributed by atoms with Gasteiger partial charge < -0.3 is 5.32 Å². The quantitative estimate of drug-likeness (QED) is 0.534. The second-order valence-corrected chi connectivity index (χ2v) is 9.15. The minimum atomic E-state index is -3.72. The summed E-state index contributed by atoms with van der Waals surface area (Å²) in [6.45, 7) is 0. The first kappa shape index (κ1) is 21.2. The van der Waals surface area contributed by atoms with E-state index in [0.717, 1.165) is 5.56 Å². The number of nitrogens with one attached hydrogen (secondary N) is 2. The van der Waals surface area contributed by atoms with E-state index < -0.39 is 10.0 Å². The molecule has 0 saturated carbocycles. The minimum absolute atomic E-state index is 0.0923. The molecular weight excluding hydrogens is 430 g/mol. The van der Waals surface area contributed by atoms with Crippen LogP contribution < -0.4 is 10.0 Å². The lowest BCUT2D eigenvalue weighted by molar-refractivity contribution is -0.113. The summed E-state index contributed by atoms with van der Waals surface area (Å²) in [5.74, 6) is 0.779. The average molecular weight is 448 g/mol. The van der Waals surface area contributed by atoms with Crippen molar-refractivity contribution in [2.24, 2.45) is 0 Å². The number of sulfonamides is 1. The zero-order valence-electron chi connectivity index (χ0n) is 15.2. The topological polar surface area (TPSA) is 88.2 Å². The van der Waals surface area contributed by atoms with Gasteiger partial charge in [0, 0.05) is 22.7 Å². The van der Waals surface area contributed by atoms with Gasteiger partial charge in [0.05, 0.1) is 22.5 Å². The Balaban J connectivity index is 1.52. The van der Waals surface area contributed by atoms with Crippen molar-refractivity contribution in [3.05, 3.63) is 83.6 Å². The van der Waals surface area contributed by atoms with Crippen LogP contribution in [0.1, 0.15) is 5.56 Å². The molecule has 29 heavy (non-hydrogen) atoms. The van der Waals surface area contributed by atoms with Crippen LogP contribution in [0.4, 0.5) is 11.4 Å². The number of anilines is 2. The Morgan fingerprint density at radius 3 is 2.52 bits per heavy atom. The largest absolute Gasteiger partial charge is 0.325 e. The summed E-state index contributed by atoms with van der Waals surface area (Å²) >= 11 is 7.41. The predicted octanol–water partition coefficient (Wildman–Crippen LogP) is 4.41. The first-order chi connectivity index (χ1) is 13.9. The normalized spacial score (nSPS) is 11.1. The Kier molecular flexibility index (Phi) is 7.13. The molecule has 0 bridgehead atoms. The van der Waals surface area contributed by atoms with E-state index in [0.29, 0.717) is 22.2 Å². The Hall–Kier alpha value is -2.55. The molecule has 2 aromatic carbocycles. The summed E-state index contributed by atoms with van der Waals surface area (Å²) in [5.41, 5.74) is 1.95. The third kappa shape index (κ3) is 6.49. The van der Waals surface area contributed by atoms with Gasteiger partial charge in [0.25, 0.3) is 10.0 Å². The molecule has 2 N–H and O–H groups in total. The highest BCUT2D eigenvalue weighted by Crippen LogP contribution is 2.19. The van der Waals surface area contributed by atoms with E-state index in [2.05, 4.69) is 15.0 Å². The van der Waals surface area contributed by atoms with Gasteiger partial charge in [0.2, 0.25) is 5.91 Å². The van der Waals surface area contributed by atoms with Gasteiger partial charge in [-0.05, 0) is 54.1 Å². The van der Waals surface area contributed by atoms with E-state index in [9.17, 15) is 13.2 Å². The number of carbonyl (C=O) groups excluding carboxylic acids is 1. The fourth-order valence-electron chi connectivity index (χ4n) is 2.44. The number of rotatable bonds is 8. The standard InChI is InChI=1S/C20H18ClN3O3S2/c21-16-4-1-3-15(11-16)13-28-14-20(25)23-17-6-8-19(9-7-17)29(26,27)24-18-5-2-10-22-12-18/h1-12,24H,13-14H2,(H,23,25). The van der Waals surface area contributed by atoms with Crippen molar-refractivity contribution < 1.29 is 13.2 Å². The second-order valence-electron chi connectivity index (χ2n) is 6.04.